The van der Waals surface area contributed by atoms with E-state index in [0.717, 1.165) is 12.1 Å². The van der Waals surface area contributed by atoms with Crippen LogP contribution in [-0.2, 0) is 0 Å². The van der Waals surface area contributed by atoms with Crippen molar-refractivity contribution in [2.75, 3.05) is 13.1 Å². The maximum atomic E-state index is 3.69. The van der Waals surface area contributed by atoms with Crippen molar-refractivity contribution >= 4 is 0 Å². The quantitative estimate of drug-likeness (QED) is 0.663. The molecule has 1 aliphatic rings. The van der Waals surface area contributed by atoms with Gasteiger partial charge >= 0.3 is 0 Å². The van der Waals surface area contributed by atoms with Crippen molar-refractivity contribution in [2.24, 2.45) is 0 Å². The van der Waals surface area contributed by atoms with Crippen LogP contribution in [0.5, 0.6) is 0 Å². The first-order chi connectivity index (χ1) is 8.69. The minimum absolute atomic E-state index is 0.708. The molecule has 18 heavy (non-hydrogen) atoms. The van der Waals surface area contributed by atoms with Crippen LogP contribution in [0, 0.1) is 0 Å². The Kier molecular flexibility index (Phi) is 7.92. The van der Waals surface area contributed by atoms with Crippen LogP contribution in [0.15, 0.2) is 0 Å². The second-order valence-electron chi connectivity index (χ2n) is 6.14. The van der Waals surface area contributed by atoms with Gasteiger partial charge in [0.05, 0.1) is 0 Å². The van der Waals surface area contributed by atoms with Crippen molar-refractivity contribution in [1.82, 2.24) is 10.2 Å². The van der Waals surface area contributed by atoms with E-state index in [1.165, 1.54) is 58.0 Å². The summed E-state index contributed by atoms with van der Waals surface area (Å²) in [7, 11) is 0. The highest BCUT2D eigenvalue weighted by atomic mass is 15.2. The molecule has 1 saturated heterocycles. The molecule has 1 N–H and O–H groups in total. The van der Waals surface area contributed by atoms with Crippen molar-refractivity contribution in [3.05, 3.63) is 0 Å². The van der Waals surface area contributed by atoms with Crippen LogP contribution in [0.25, 0.3) is 0 Å². The lowest BCUT2D eigenvalue weighted by molar-refractivity contribution is 0.0902. The molecule has 0 spiro atoms. The van der Waals surface area contributed by atoms with Gasteiger partial charge in [-0.15, -0.1) is 0 Å². The van der Waals surface area contributed by atoms with Gasteiger partial charge in [-0.1, -0.05) is 46.0 Å². The second kappa shape index (κ2) is 8.92. The molecule has 0 bridgehead atoms. The van der Waals surface area contributed by atoms with Gasteiger partial charge in [-0.25, -0.2) is 0 Å². The molecule has 0 aromatic carbocycles. The lowest BCUT2D eigenvalue weighted by Gasteiger charge is -2.42. The van der Waals surface area contributed by atoms with Gasteiger partial charge in [0, 0.05) is 31.2 Å². The highest BCUT2D eigenvalue weighted by Gasteiger charge is 2.27. The van der Waals surface area contributed by atoms with Crippen LogP contribution in [0.2, 0.25) is 0 Å². The summed E-state index contributed by atoms with van der Waals surface area (Å²) >= 11 is 0. The SMILES string of the molecule is CCCCCCC(C)N1CC(CCC)NCC1C. The Morgan fingerprint density at radius 1 is 1.17 bits per heavy atom. The minimum atomic E-state index is 0.708. The van der Waals surface area contributed by atoms with Crippen molar-refractivity contribution in [1.29, 1.82) is 0 Å². The first kappa shape index (κ1) is 16.0. The van der Waals surface area contributed by atoms with Gasteiger partial charge < -0.3 is 5.32 Å². The van der Waals surface area contributed by atoms with E-state index in [0.29, 0.717) is 6.04 Å². The van der Waals surface area contributed by atoms with Crippen molar-refractivity contribution in [3.8, 4) is 0 Å². The average Bonchev–Trinajstić information content (AvgIpc) is 2.37. The summed E-state index contributed by atoms with van der Waals surface area (Å²) in [5.41, 5.74) is 0. The standard InChI is InChI=1S/C16H34N2/c1-5-7-8-9-11-14(3)18-13-16(10-6-2)17-12-15(18)4/h14-17H,5-13H2,1-4H3. The van der Waals surface area contributed by atoms with Crippen LogP contribution in [0.4, 0.5) is 0 Å². The van der Waals surface area contributed by atoms with E-state index in [1.54, 1.807) is 0 Å². The molecule has 1 rings (SSSR count). The molecule has 0 aromatic rings. The summed E-state index contributed by atoms with van der Waals surface area (Å²) in [5.74, 6) is 0. The highest BCUT2D eigenvalue weighted by molar-refractivity contribution is 4.86. The van der Waals surface area contributed by atoms with Gasteiger partial charge in [-0.05, 0) is 26.7 Å². The topological polar surface area (TPSA) is 15.3 Å². The van der Waals surface area contributed by atoms with E-state index in [4.69, 9.17) is 0 Å². The summed E-state index contributed by atoms with van der Waals surface area (Å²) < 4.78 is 0. The predicted octanol–water partition coefficient (Wildman–Crippen LogP) is 3.81. The van der Waals surface area contributed by atoms with Crippen LogP contribution < -0.4 is 5.32 Å². The van der Waals surface area contributed by atoms with Gasteiger partial charge in [0.15, 0.2) is 0 Å². The minimum Gasteiger partial charge on any atom is -0.311 e. The normalized spacial score (nSPS) is 27.3. The monoisotopic (exact) mass is 254 g/mol. The molecule has 2 heteroatoms. The Morgan fingerprint density at radius 2 is 1.94 bits per heavy atom. The summed E-state index contributed by atoms with van der Waals surface area (Å²) in [6.45, 7) is 11.8. The lowest BCUT2D eigenvalue weighted by atomic mass is 10.0. The zero-order valence-corrected chi connectivity index (χ0v) is 13.0. The number of hydrogen-bond donors (Lipinski definition) is 1. The molecule has 108 valence electrons. The first-order valence-corrected chi connectivity index (χ1v) is 8.18. The van der Waals surface area contributed by atoms with E-state index < -0.39 is 0 Å². The van der Waals surface area contributed by atoms with Gasteiger partial charge in [-0.3, -0.25) is 4.90 Å². The third kappa shape index (κ3) is 5.27. The van der Waals surface area contributed by atoms with Crippen molar-refractivity contribution in [2.45, 2.75) is 90.8 Å². The molecule has 0 amide bonds. The number of nitrogens with zero attached hydrogens (tertiary/aromatic N) is 1. The van der Waals surface area contributed by atoms with Crippen LogP contribution in [0.3, 0.4) is 0 Å². The van der Waals surface area contributed by atoms with E-state index in [-0.39, 0.29) is 0 Å². The molecule has 3 atom stereocenters. The van der Waals surface area contributed by atoms with E-state index in [2.05, 4.69) is 37.9 Å². The molecule has 1 heterocycles. The highest BCUT2D eigenvalue weighted by Crippen LogP contribution is 2.18. The number of hydrogen-bond acceptors (Lipinski definition) is 2. The fourth-order valence-electron chi connectivity index (χ4n) is 3.14. The molecular weight excluding hydrogens is 220 g/mol. The molecule has 0 saturated carbocycles. The largest absolute Gasteiger partial charge is 0.311 e. The summed E-state index contributed by atoms with van der Waals surface area (Å²) in [6.07, 6.45) is 9.57. The maximum absolute atomic E-state index is 3.69. The number of rotatable bonds is 8. The molecule has 1 fully saturated rings. The van der Waals surface area contributed by atoms with Crippen LogP contribution in [0.1, 0.15) is 72.6 Å². The number of unbranched alkanes of at least 4 members (excludes halogenated alkanes) is 3. The third-order valence-electron chi connectivity index (χ3n) is 4.38. The zero-order valence-electron chi connectivity index (χ0n) is 13.0. The zero-order chi connectivity index (χ0) is 13.4. The molecule has 0 aliphatic carbocycles. The molecular formula is C16H34N2. The van der Waals surface area contributed by atoms with Crippen LogP contribution >= 0.6 is 0 Å². The van der Waals surface area contributed by atoms with Gasteiger partial charge in [-0.2, -0.15) is 0 Å². The van der Waals surface area contributed by atoms with E-state index in [1.807, 2.05) is 0 Å². The molecule has 1 aliphatic heterocycles. The number of nitrogens with one attached hydrogen (secondary N) is 1. The Bertz CT molecular complexity index is 205. The molecule has 2 nitrogen and oxygen atoms in total. The summed E-state index contributed by atoms with van der Waals surface area (Å²) in [6, 6.07) is 2.20. The second-order valence-corrected chi connectivity index (χ2v) is 6.14. The van der Waals surface area contributed by atoms with E-state index in [9.17, 15) is 0 Å². The average molecular weight is 254 g/mol. The Labute approximate surface area is 115 Å². The Hall–Kier alpha value is -0.0800. The molecule has 3 unspecified atom stereocenters. The molecule has 0 radical (unpaired) electrons. The third-order valence-corrected chi connectivity index (χ3v) is 4.38. The van der Waals surface area contributed by atoms with E-state index >= 15 is 0 Å². The van der Waals surface area contributed by atoms with Crippen LogP contribution in [-0.4, -0.2) is 36.1 Å². The summed E-state index contributed by atoms with van der Waals surface area (Å²) in [4.78, 5) is 2.74. The lowest BCUT2D eigenvalue weighted by Crippen LogP contribution is -2.57. The number of piperazine rings is 1. The van der Waals surface area contributed by atoms with Crippen molar-refractivity contribution < 1.29 is 0 Å². The summed E-state index contributed by atoms with van der Waals surface area (Å²) in [5, 5.41) is 3.69. The van der Waals surface area contributed by atoms with Gasteiger partial charge in [0.1, 0.15) is 0 Å². The smallest absolute Gasteiger partial charge is 0.0195 e. The van der Waals surface area contributed by atoms with Gasteiger partial charge in [0.2, 0.25) is 0 Å². The predicted molar refractivity (Wildman–Crippen MR) is 81.1 cm³/mol. The fraction of sp³-hybridized carbons (Fsp3) is 1.00. The first-order valence-electron chi connectivity index (χ1n) is 8.18. The maximum Gasteiger partial charge on any atom is 0.0195 e. The fourth-order valence-corrected chi connectivity index (χ4v) is 3.14. The van der Waals surface area contributed by atoms with Crippen molar-refractivity contribution in [3.63, 3.8) is 0 Å². The Morgan fingerprint density at radius 3 is 2.61 bits per heavy atom. The van der Waals surface area contributed by atoms with Gasteiger partial charge in [0.25, 0.3) is 0 Å². The Balaban J connectivity index is 2.31. The molecule has 0 aromatic heterocycles.